The van der Waals surface area contributed by atoms with Crippen LogP contribution in [0.25, 0.3) is 0 Å². The summed E-state index contributed by atoms with van der Waals surface area (Å²) in [4.78, 5) is 28.5. The third-order valence-corrected chi connectivity index (χ3v) is 10.5. The maximum Gasteiger partial charge on any atom is 0.313 e. The topological polar surface area (TPSA) is 65.1 Å². The van der Waals surface area contributed by atoms with Gasteiger partial charge in [0, 0.05) is 38.0 Å². The SMILES string of the molecule is CCN1C[C@]2(C)CC[C@H](OC)[C@@]34[C@@H]5C[C@@H]6CC[C@@](OC(C)=O)([C@@H](C[C@H]23)[C@@H]14)[C@H]5C(=O)O6. The summed E-state index contributed by atoms with van der Waals surface area (Å²) in [6.45, 7) is 8.33. The molecule has 7 aliphatic rings. The van der Waals surface area contributed by atoms with Crippen LogP contribution in [0.2, 0.25) is 0 Å². The van der Waals surface area contributed by atoms with Gasteiger partial charge in [0.1, 0.15) is 17.6 Å². The van der Waals surface area contributed by atoms with Crippen LogP contribution in [0.5, 0.6) is 0 Å². The highest BCUT2D eigenvalue weighted by Crippen LogP contribution is 2.77. The molecular weight excluding hydrogens is 382 g/mol. The van der Waals surface area contributed by atoms with E-state index in [1.807, 2.05) is 7.11 Å². The minimum Gasteiger partial charge on any atom is -0.462 e. The Hall–Kier alpha value is -1.14. The van der Waals surface area contributed by atoms with Gasteiger partial charge in [-0.2, -0.15) is 0 Å². The number of nitrogens with zero attached hydrogens (tertiary/aromatic N) is 1. The van der Waals surface area contributed by atoms with E-state index in [1.54, 1.807) is 0 Å². The average molecular weight is 418 g/mol. The lowest BCUT2D eigenvalue weighted by molar-refractivity contribution is -0.271. The molecule has 0 aromatic carbocycles. The number of carbonyl (C=O) groups excluding carboxylic acids is 2. The summed E-state index contributed by atoms with van der Waals surface area (Å²) in [6.07, 6.45) is 5.83. The molecule has 0 aromatic rings. The van der Waals surface area contributed by atoms with Crippen LogP contribution in [0.15, 0.2) is 0 Å². The van der Waals surface area contributed by atoms with E-state index in [-0.39, 0.29) is 52.7 Å². The monoisotopic (exact) mass is 417 g/mol. The lowest BCUT2D eigenvalue weighted by atomic mass is 9.42. The smallest absolute Gasteiger partial charge is 0.313 e. The minimum atomic E-state index is -0.719. The van der Waals surface area contributed by atoms with Gasteiger partial charge in [-0.3, -0.25) is 14.5 Å². The number of likely N-dealkylation sites (tertiary alicyclic amines) is 1. The molecule has 6 nitrogen and oxygen atoms in total. The van der Waals surface area contributed by atoms with E-state index < -0.39 is 5.60 Å². The zero-order chi connectivity index (χ0) is 21.1. The molecule has 4 aliphatic carbocycles. The predicted molar refractivity (Wildman–Crippen MR) is 108 cm³/mol. The Morgan fingerprint density at radius 3 is 2.73 bits per heavy atom. The van der Waals surface area contributed by atoms with Gasteiger partial charge < -0.3 is 14.2 Å². The average Bonchev–Trinajstić information content (AvgIpc) is 2.75. The van der Waals surface area contributed by atoms with E-state index in [0.29, 0.717) is 12.0 Å². The number of esters is 2. The molecule has 10 atom stereocenters. The number of piperidine rings is 1. The molecule has 9 bridgehead atoms. The van der Waals surface area contributed by atoms with Crippen LogP contribution < -0.4 is 0 Å². The Kier molecular flexibility index (Phi) is 3.91. The van der Waals surface area contributed by atoms with Crippen LogP contribution in [-0.2, 0) is 23.8 Å². The fourth-order valence-electron chi connectivity index (χ4n) is 9.96. The van der Waals surface area contributed by atoms with Crippen molar-refractivity contribution in [1.29, 1.82) is 0 Å². The molecule has 7 fully saturated rings. The second kappa shape index (κ2) is 6.00. The molecule has 0 radical (unpaired) electrons. The number of carbonyl (C=O) groups is 2. The Morgan fingerprint density at radius 1 is 1.23 bits per heavy atom. The molecular formula is C24H35NO5. The van der Waals surface area contributed by atoms with Gasteiger partial charge >= 0.3 is 11.9 Å². The van der Waals surface area contributed by atoms with E-state index in [2.05, 4.69) is 18.7 Å². The second-order valence-corrected chi connectivity index (χ2v) is 11.3. The first-order valence-corrected chi connectivity index (χ1v) is 12.0. The van der Waals surface area contributed by atoms with Gasteiger partial charge in [-0.15, -0.1) is 0 Å². The van der Waals surface area contributed by atoms with Crippen molar-refractivity contribution in [2.75, 3.05) is 20.2 Å². The molecule has 3 aliphatic heterocycles. The molecule has 3 heterocycles. The Labute approximate surface area is 179 Å². The van der Waals surface area contributed by atoms with Gasteiger partial charge in [-0.1, -0.05) is 13.8 Å². The lowest BCUT2D eigenvalue weighted by Gasteiger charge is -2.69. The first-order chi connectivity index (χ1) is 14.3. The molecule has 0 aromatic heterocycles. The van der Waals surface area contributed by atoms with Crippen molar-refractivity contribution in [3.05, 3.63) is 0 Å². The van der Waals surface area contributed by atoms with Crippen LogP contribution in [0.3, 0.4) is 0 Å². The molecule has 0 amide bonds. The molecule has 6 heteroatoms. The predicted octanol–water partition coefficient (Wildman–Crippen LogP) is 2.79. The Morgan fingerprint density at radius 2 is 2.03 bits per heavy atom. The highest BCUT2D eigenvalue weighted by molar-refractivity contribution is 5.78. The Bertz CT molecular complexity index is 800. The second-order valence-electron chi connectivity index (χ2n) is 11.3. The van der Waals surface area contributed by atoms with Crippen LogP contribution >= 0.6 is 0 Å². The van der Waals surface area contributed by atoms with Crippen molar-refractivity contribution in [3.63, 3.8) is 0 Å². The summed E-state index contributed by atoms with van der Waals surface area (Å²) in [6, 6.07) is 0.316. The zero-order valence-corrected chi connectivity index (χ0v) is 18.7. The molecule has 0 unspecified atom stereocenters. The molecule has 1 spiro atoms. The van der Waals surface area contributed by atoms with Crippen LogP contribution in [0.4, 0.5) is 0 Å². The van der Waals surface area contributed by atoms with E-state index in [4.69, 9.17) is 14.2 Å². The first kappa shape index (κ1) is 19.5. The summed E-state index contributed by atoms with van der Waals surface area (Å²) in [5.74, 6) is 0.126. The van der Waals surface area contributed by atoms with Crippen molar-refractivity contribution in [2.24, 2.45) is 34.5 Å². The van der Waals surface area contributed by atoms with Gasteiger partial charge in [-0.25, -0.2) is 0 Å². The number of hydrogen-bond acceptors (Lipinski definition) is 6. The van der Waals surface area contributed by atoms with Crippen molar-refractivity contribution in [3.8, 4) is 0 Å². The van der Waals surface area contributed by atoms with Crippen LogP contribution in [0.1, 0.15) is 59.3 Å². The fourth-order valence-corrected chi connectivity index (χ4v) is 9.96. The minimum absolute atomic E-state index is 0.0446. The van der Waals surface area contributed by atoms with Gasteiger partial charge in [0.15, 0.2) is 0 Å². The fraction of sp³-hybridized carbons (Fsp3) is 0.917. The van der Waals surface area contributed by atoms with Crippen molar-refractivity contribution in [2.45, 2.75) is 83.1 Å². The maximum absolute atomic E-state index is 13.4. The summed E-state index contributed by atoms with van der Waals surface area (Å²) >= 11 is 0. The van der Waals surface area contributed by atoms with Gasteiger partial charge in [-0.05, 0) is 62.3 Å². The summed E-state index contributed by atoms with van der Waals surface area (Å²) in [7, 11) is 1.86. The van der Waals surface area contributed by atoms with Crippen LogP contribution in [0, 0.1) is 34.5 Å². The molecule has 7 rings (SSSR count). The van der Waals surface area contributed by atoms with Gasteiger partial charge in [0.25, 0.3) is 0 Å². The first-order valence-electron chi connectivity index (χ1n) is 12.0. The maximum atomic E-state index is 13.4. The molecule has 166 valence electrons. The number of methoxy groups -OCH3 is 1. The summed E-state index contributed by atoms with van der Waals surface area (Å²) < 4.78 is 18.5. The summed E-state index contributed by atoms with van der Waals surface area (Å²) in [5, 5.41) is 0. The Balaban J connectivity index is 1.63. The number of ether oxygens (including phenoxy) is 3. The largest absolute Gasteiger partial charge is 0.462 e. The molecule has 4 saturated carbocycles. The lowest BCUT2D eigenvalue weighted by Crippen LogP contribution is -2.76. The zero-order valence-electron chi connectivity index (χ0n) is 18.7. The third-order valence-electron chi connectivity index (χ3n) is 10.5. The quantitative estimate of drug-likeness (QED) is 0.658. The van der Waals surface area contributed by atoms with E-state index in [0.717, 1.165) is 45.2 Å². The standard InChI is InChI=1S/C24H35NO5/c1-5-25-12-22(3)8-7-18(28-4)24-15-10-14-6-9-23(30-13(2)26,19(15)21(27)29-14)16(20(24)25)11-17(22)24/h14-20H,5-12H2,1-4H3/t14-,15+,16-,17+,18-,19+,20+,22-,23+,24+/m0/s1. The van der Waals surface area contributed by atoms with Gasteiger partial charge in [0.05, 0.1) is 6.10 Å². The number of fused-ring (bicyclic) bond motifs is 2. The van der Waals surface area contributed by atoms with Crippen molar-refractivity contribution in [1.82, 2.24) is 4.90 Å². The normalized spacial score (nSPS) is 55.7. The third kappa shape index (κ3) is 2.00. The van der Waals surface area contributed by atoms with Crippen molar-refractivity contribution < 1.29 is 23.8 Å². The highest BCUT2D eigenvalue weighted by atomic mass is 16.6. The number of rotatable bonds is 3. The van der Waals surface area contributed by atoms with Crippen molar-refractivity contribution >= 4 is 11.9 Å². The molecule has 3 saturated heterocycles. The molecule has 30 heavy (non-hydrogen) atoms. The van der Waals surface area contributed by atoms with Gasteiger partial charge in [0.2, 0.25) is 0 Å². The van der Waals surface area contributed by atoms with E-state index in [1.165, 1.54) is 13.3 Å². The molecule has 0 N–H and O–H groups in total. The van der Waals surface area contributed by atoms with E-state index >= 15 is 0 Å². The highest BCUT2D eigenvalue weighted by Gasteiger charge is 2.82. The van der Waals surface area contributed by atoms with Crippen LogP contribution in [-0.4, -0.2) is 60.9 Å². The van der Waals surface area contributed by atoms with E-state index in [9.17, 15) is 9.59 Å². The number of hydrogen-bond donors (Lipinski definition) is 0. The summed E-state index contributed by atoms with van der Waals surface area (Å²) in [5.41, 5.74) is -0.538.